The summed E-state index contributed by atoms with van der Waals surface area (Å²) in [5.41, 5.74) is 1.77. The van der Waals surface area contributed by atoms with Crippen LogP contribution in [0.2, 0.25) is 5.02 Å². The number of esters is 1. The zero-order valence-corrected chi connectivity index (χ0v) is 14.3. The van der Waals surface area contributed by atoms with Crippen molar-refractivity contribution in [2.75, 3.05) is 5.32 Å². The van der Waals surface area contributed by atoms with Crippen LogP contribution < -0.4 is 5.32 Å². The Labute approximate surface area is 145 Å². The van der Waals surface area contributed by atoms with E-state index in [2.05, 4.69) is 12.2 Å². The predicted octanol–water partition coefficient (Wildman–Crippen LogP) is 4.01. The third-order valence-electron chi connectivity index (χ3n) is 4.23. The molecule has 2 aromatic carbocycles. The number of carbonyl (C=O) groups excluding carboxylic acids is 2. The molecule has 0 saturated heterocycles. The van der Waals surface area contributed by atoms with Gasteiger partial charge in [0.2, 0.25) is 0 Å². The highest BCUT2D eigenvalue weighted by Gasteiger charge is 2.42. The highest BCUT2D eigenvalue weighted by atomic mass is 35.5. The summed E-state index contributed by atoms with van der Waals surface area (Å²) in [6, 6.07) is 12.6. The SMILES string of the molecule is CCc1ccc(NC(=O)C2(C)Cc3cc(Cl)ccc3C(=O)O2)cc1. The van der Waals surface area contributed by atoms with Gasteiger partial charge in [-0.2, -0.15) is 0 Å². The second-order valence-electron chi connectivity index (χ2n) is 6.10. The van der Waals surface area contributed by atoms with Gasteiger partial charge in [0.15, 0.2) is 5.60 Å². The molecule has 5 heteroatoms. The highest BCUT2D eigenvalue weighted by molar-refractivity contribution is 6.30. The number of fused-ring (bicyclic) bond motifs is 1. The van der Waals surface area contributed by atoms with Gasteiger partial charge in [0, 0.05) is 17.1 Å². The fourth-order valence-electron chi connectivity index (χ4n) is 2.78. The molecule has 1 atom stereocenters. The van der Waals surface area contributed by atoms with E-state index in [-0.39, 0.29) is 12.3 Å². The monoisotopic (exact) mass is 343 g/mol. The van der Waals surface area contributed by atoms with Gasteiger partial charge < -0.3 is 10.1 Å². The molecule has 0 aromatic heterocycles. The Kier molecular flexibility index (Phi) is 4.33. The van der Waals surface area contributed by atoms with E-state index >= 15 is 0 Å². The molecular weight excluding hydrogens is 326 g/mol. The molecule has 124 valence electrons. The lowest BCUT2D eigenvalue weighted by Gasteiger charge is -2.33. The summed E-state index contributed by atoms with van der Waals surface area (Å²) in [7, 11) is 0. The van der Waals surface area contributed by atoms with Crippen molar-refractivity contribution in [2.24, 2.45) is 0 Å². The number of nitrogens with one attached hydrogen (secondary N) is 1. The number of halogens is 1. The van der Waals surface area contributed by atoms with Crippen molar-refractivity contribution in [3.8, 4) is 0 Å². The molecule has 0 radical (unpaired) electrons. The van der Waals surface area contributed by atoms with Crippen LogP contribution in [0.1, 0.15) is 35.3 Å². The fraction of sp³-hybridized carbons (Fsp3) is 0.263. The van der Waals surface area contributed by atoms with Crippen molar-refractivity contribution in [2.45, 2.75) is 32.3 Å². The summed E-state index contributed by atoms with van der Waals surface area (Å²) in [6.07, 6.45) is 1.22. The van der Waals surface area contributed by atoms with Crippen LogP contribution in [0.25, 0.3) is 0 Å². The van der Waals surface area contributed by atoms with E-state index < -0.39 is 11.6 Å². The van der Waals surface area contributed by atoms with Gasteiger partial charge in [0.05, 0.1) is 5.56 Å². The quantitative estimate of drug-likeness (QED) is 0.856. The number of carbonyl (C=O) groups is 2. The first-order valence-corrected chi connectivity index (χ1v) is 8.21. The number of hydrogen-bond acceptors (Lipinski definition) is 3. The number of rotatable bonds is 3. The van der Waals surface area contributed by atoms with E-state index in [9.17, 15) is 9.59 Å². The van der Waals surface area contributed by atoms with Crippen molar-refractivity contribution in [3.63, 3.8) is 0 Å². The topological polar surface area (TPSA) is 55.4 Å². The molecule has 3 rings (SSSR count). The Hall–Kier alpha value is -2.33. The maximum Gasteiger partial charge on any atom is 0.339 e. The lowest BCUT2D eigenvalue weighted by atomic mass is 9.89. The second kappa shape index (κ2) is 6.29. The van der Waals surface area contributed by atoms with E-state index in [4.69, 9.17) is 16.3 Å². The van der Waals surface area contributed by atoms with Crippen molar-refractivity contribution in [1.29, 1.82) is 0 Å². The zero-order valence-electron chi connectivity index (χ0n) is 13.6. The average Bonchev–Trinajstić information content (AvgIpc) is 2.55. The number of cyclic esters (lactones) is 1. The van der Waals surface area contributed by atoms with Crippen LogP contribution in [-0.4, -0.2) is 17.5 Å². The molecule has 1 aliphatic rings. The lowest BCUT2D eigenvalue weighted by Crippen LogP contribution is -2.48. The molecule has 0 aliphatic carbocycles. The van der Waals surface area contributed by atoms with Crippen molar-refractivity contribution in [3.05, 3.63) is 64.2 Å². The number of amides is 1. The molecule has 0 spiro atoms. The number of aryl methyl sites for hydroxylation is 1. The lowest BCUT2D eigenvalue weighted by molar-refractivity contribution is -0.134. The Morgan fingerprint density at radius 1 is 1.25 bits per heavy atom. The molecule has 0 saturated carbocycles. The molecule has 24 heavy (non-hydrogen) atoms. The molecule has 0 bridgehead atoms. The number of anilines is 1. The van der Waals surface area contributed by atoms with Crippen LogP contribution in [0, 0.1) is 0 Å². The Bertz CT molecular complexity index is 801. The van der Waals surface area contributed by atoms with E-state index in [0.717, 1.165) is 12.0 Å². The summed E-state index contributed by atoms with van der Waals surface area (Å²) in [5, 5.41) is 3.35. The molecule has 1 N–H and O–H groups in total. The number of hydrogen-bond donors (Lipinski definition) is 1. The molecular formula is C19H18ClNO3. The molecule has 0 fully saturated rings. The molecule has 1 unspecified atom stereocenters. The normalized spacial score (nSPS) is 19.4. The van der Waals surface area contributed by atoms with Gasteiger partial charge in [-0.1, -0.05) is 30.7 Å². The molecule has 2 aromatic rings. The van der Waals surface area contributed by atoms with Crippen LogP contribution in [0.4, 0.5) is 5.69 Å². The minimum Gasteiger partial charge on any atom is -0.445 e. The summed E-state index contributed by atoms with van der Waals surface area (Å²) in [6.45, 7) is 3.68. The van der Waals surface area contributed by atoms with E-state index in [1.54, 1.807) is 25.1 Å². The van der Waals surface area contributed by atoms with Gasteiger partial charge in [0.25, 0.3) is 5.91 Å². The molecule has 4 nitrogen and oxygen atoms in total. The van der Waals surface area contributed by atoms with Crippen molar-refractivity contribution in [1.82, 2.24) is 0 Å². The smallest absolute Gasteiger partial charge is 0.339 e. The largest absolute Gasteiger partial charge is 0.445 e. The van der Waals surface area contributed by atoms with Crippen LogP contribution in [0.15, 0.2) is 42.5 Å². The first-order chi connectivity index (χ1) is 11.4. The molecule has 1 amide bonds. The minimum atomic E-state index is -1.27. The summed E-state index contributed by atoms with van der Waals surface area (Å²) < 4.78 is 5.43. The third kappa shape index (κ3) is 3.15. The average molecular weight is 344 g/mol. The van der Waals surface area contributed by atoms with Gasteiger partial charge in [0.1, 0.15) is 0 Å². The van der Waals surface area contributed by atoms with Crippen LogP contribution >= 0.6 is 11.6 Å². The van der Waals surface area contributed by atoms with E-state index in [1.807, 2.05) is 24.3 Å². The van der Waals surface area contributed by atoms with Gasteiger partial charge in [-0.15, -0.1) is 0 Å². The Balaban J connectivity index is 1.82. The maximum absolute atomic E-state index is 12.7. The standard InChI is InChI=1S/C19H18ClNO3/c1-3-12-4-7-15(8-5-12)21-18(23)19(2)11-13-10-14(20)6-9-16(13)17(22)24-19/h4-10H,3,11H2,1-2H3,(H,21,23). The number of ether oxygens (including phenoxy) is 1. The highest BCUT2D eigenvalue weighted by Crippen LogP contribution is 2.31. The number of benzene rings is 2. The van der Waals surface area contributed by atoms with Crippen LogP contribution in [-0.2, 0) is 22.4 Å². The van der Waals surface area contributed by atoms with E-state index in [1.165, 1.54) is 5.56 Å². The van der Waals surface area contributed by atoms with Crippen molar-refractivity contribution >= 4 is 29.2 Å². The van der Waals surface area contributed by atoms with Crippen molar-refractivity contribution < 1.29 is 14.3 Å². The first-order valence-electron chi connectivity index (χ1n) is 7.83. The van der Waals surface area contributed by atoms with Gasteiger partial charge in [-0.05, 0) is 54.8 Å². The second-order valence-corrected chi connectivity index (χ2v) is 6.54. The maximum atomic E-state index is 12.7. The predicted molar refractivity (Wildman–Crippen MR) is 93.4 cm³/mol. The Morgan fingerprint density at radius 3 is 2.62 bits per heavy atom. The molecule has 1 heterocycles. The summed E-state index contributed by atoms with van der Waals surface area (Å²) in [5.74, 6) is -0.863. The first kappa shape index (κ1) is 16.5. The summed E-state index contributed by atoms with van der Waals surface area (Å²) in [4.78, 5) is 24.9. The Morgan fingerprint density at radius 2 is 1.96 bits per heavy atom. The molecule has 1 aliphatic heterocycles. The van der Waals surface area contributed by atoms with Crippen LogP contribution in [0.3, 0.4) is 0 Å². The minimum absolute atomic E-state index is 0.285. The van der Waals surface area contributed by atoms with Gasteiger partial charge in [-0.3, -0.25) is 4.79 Å². The van der Waals surface area contributed by atoms with Gasteiger partial charge >= 0.3 is 5.97 Å². The van der Waals surface area contributed by atoms with Crippen LogP contribution in [0.5, 0.6) is 0 Å². The van der Waals surface area contributed by atoms with Gasteiger partial charge in [-0.25, -0.2) is 4.79 Å². The third-order valence-corrected chi connectivity index (χ3v) is 4.47. The van der Waals surface area contributed by atoms with E-state index in [0.29, 0.717) is 16.3 Å². The fourth-order valence-corrected chi connectivity index (χ4v) is 2.98. The summed E-state index contributed by atoms with van der Waals surface area (Å²) >= 11 is 6.00. The zero-order chi connectivity index (χ0) is 17.3.